The number of aliphatic hydroxyl groups is 1. The fraction of sp³-hybridized carbons (Fsp3) is 0.533. The Bertz CT molecular complexity index is 522. The van der Waals surface area contributed by atoms with E-state index in [1.807, 2.05) is 0 Å². The van der Waals surface area contributed by atoms with Crippen molar-refractivity contribution in [2.45, 2.75) is 43.9 Å². The molecule has 0 aliphatic heterocycles. The van der Waals surface area contributed by atoms with Gasteiger partial charge in [0, 0.05) is 6.54 Å². The van der Waals surface area contributed by atoms with Gasteiger partial charge >= 0.3 is 6.18 Å². The van der Waals surface area contributed by atoms with Crippen LogP contribution in [0.15, 0.2) is 24.3 Å². The smallest absolute Gasteiger partial charge is 0.392 e. The van der Waals surface area contributed by atoms with Gasteiger partial charge in [-0.1, -0.05) is 24.6 Å². The van der Waals surface area contributed by atoms with Crippen LogP contribution in [0.4, 0.5) is 13.2 Å². The Morgan fingerprint density at radius 3 is 2.57 bits per heavy atom. The van der Waals surface area contributed by atoms with Gasteiger partial charge in [0.05, 0.1) is 17.1 Å². The molecule has 0 saturated heterocycles. The number of halogens is 3. The van der Waals surface area contributed by atoms with Crippen molar-refractivity contribution < 1.29 is 23.1 Å². The topological polar surface area (TPSA) is 49.3 Å². The Labute approximate surface area is 121 Å². The molecule has 1 aliphatic carbocycles. The number of hydrogen-bond acceptors (Lipinski definition) is 2. The molecule has 3 nitrogen and oxygen atoms in total. The van der Waals surface area contributed by atoms with Crippen LogP contribution in [0.25, 0.3) is 0 Å². The Balaban J connectivity index is 2.27. The van der Waals surface area contributed by atoms with Crippen molar-refractivity contribution in [3.8, 4) is 0 Å². The van der Waals surface area contributed by atoms with Crippen LogP contribution in [-0.4, -0.2) is 23.7 Å². The molecule has 0 bridgehead atoms. The van der Waals surface area contributed by atoms with Crippen molar-refractivity contribution >= 4 is 5.91 Å². The van der Waals surface area contributed by atoms with Gasteiger partial charge in [0.25, 0.3) is 0 Å². The van der Waals surface area contributed by atoms with Gasteiger partial charge in [-0.3, -0.25) is 4.79 Å². The highest BCUT2D eigenvalue weighted by molar-refractivity contribution is 5.89. The lowest BCUT2D eigenvalue weighted by atomic mass is 9.63. The molecule has 1 aromatic rings. The summed E-state index contributed by atoms with van der Waals surface area (Å²) in [6.45, 7) is 1.64. The molecule has 21 heavy (non-hydrogen) atoms. The van der Waals surface area contributed by atoms with Crippen LogP contribution in [0.2, 0.25) is 0 Å². The van der Waals surface area contributed by atoms with Crippen LogP contribution in [0.1, 0.15) is 37.3 Å². The first-order valence-corrected chi connectivity index (χ1v) is 6.90. The number of carbonyl (C=O) groups is 1. The zero-order chi connectivity index (χ0) is 15.7. The number of alkyl halides is 3. The summed E-state index contributed by atoms with van der Waals surface area (Å²) in [5, 5.41) is 11.8. The maximum Gasteiger partial charge on any atom is 0.416 e. The SMILES string of the molecule is CC(O)CNC(=O)C1(c2cccc(C(F)(F)F)c2)CCC1. The second kappa shape index (κ2) is 5.67. The minimum absolute atomic E-state index is 0.0968. The third-order valence-corrected chi connectivity index (χ3v) is 3.94. The molecule has 1 fully saturated rings. The summed E-state index contributed by atoms with van der Waals surface area (Å²) in [6, 6.07) is 4.96. The Hall–Kier alpha value is -1.56. The number of rotatable bonds is 4. The van der Waals surface area contributed by atoms with E-state index in [1.165, 1.54) is 13.0 Å². The molecule has 0 heterocycles. The highest BCUT2D eigenvalue weighted by Gasteiger charge is 2.46. The molecule has 6 heteroatoms. The average molecular weight is 301 g/mol. The Morgan fingerprint density at radius 1 is 1.43 bits per heavy atom. The zero-order valence-corrected chi connectivity index (χ0v) is 11.7. The summed E-state index contributed by atoms with van der Waals surface area (Å²) in [5.74, 6) is -0.311. The lowest BCUT2D eigenvalue weighted by Crippen LogP contribution is -2.50. The first-order valence-electron chi connectivity index (χ1n) is 6.90. The van der Waals surface area contributed by atoms with Crippen LogP contribution in [-0.2, 0) is 16.4 Å². The molecule has 1 unspecified atom stereocenters. The van der Waals surface area contributed by atoms with E-state index in [4.69, 9.17) is 0 Å². The minimum Gasteiger partial charge on any atom is -0.392 e. The fourth-order valence-corrected chi connectivity index (χ4v) is 2.58. The summed E-state index contributed by atoms with van der Waals surface area (Å²) in [5.41, 5.74) is -1.24. The largest absolute Gasteiger partial charge is 0.416 e. The molecule has 1 saturated carbocycles. The van der Waals surface area contributed by atoms with E-state index in [0.717, 1.165) is 18.6 Å². The molecule has 1 amide bonds. The normalized spacial score (nSPS) is 18.7. The van der Waals surface area contributed by atoms with Gasteiger partial charge in [0.2, 0.25) is 5.91 Å². The molecule has 0 radical (unpaired) electrons. The molecule has 0 aromatic heterocycles. The van der Waals surface area contributed by atoms with Gasteiger partial charge in [-0.25, -0.2) is 0 Å². The van der Waals surface area contributed by atoms with Crippen molar-refractivity contribution in [2.75, 3.05) is 6.54 Å². The van der Waals surface area contributed by atoms with Crippen molar-refractivity contribution in [1.29, 1.82) is 0 Å². The van der Waals surface area contributed by atoms with E-state index in [-0.39, 0.29) is 12.5 Å². The van der Waals surface area contributed by atoms with Crippen molar-refractivity contribution in [3.63, 3.8) is 0 Å². The van der Waals surface area contributed by atoms with E-state index in [9.17, 15) is 23.1 Å². The first-order chi connectivity index (χ1) is 9.75. The molecular formula is C15H18F3NO2. The van der Waals surface area contributed by atoms with Gasteiger partial charge in [0.15, 0.2) is 0 Å². The maximum atomic E-state index is 12.8. The van der Waals surface area contributed by atoms with Crippen molar-refractivity contribution in [1.82, 2.24) is 5.32 Å². The highest BCUT2D eigenvalue weighted by atomic mass is 19.4. The van der Waals surface area contributed by atoms with E-state index in [2.05, 4.69) is 5.32 Å². The summed E-state index contributed by atoms with van der Waals surface area (Å²) in [7, 11) is 0. The number of aliphatic hydroxyl groups excluding tert-OH is 1. The molecular weight excluding hydrogens is 283 g/mol. The number of benzene rings is 1. The summed E-state index contributed by atoms with van der Waals surface area (Å²) < 4.78 is 38.4. The summed E-state index contributed by atoms with van der Waals surface area (Å²) >= 11 is 0. The van der Waals surface area contributed by atoms with E-state index in [1.54, 1.807) is 6.07 Å². The predicted octanol–water partition coefficient (Wildman–Crippen LogP) is 2.62. The molecule has 116 valence electrons. The third-order valence-electron chi connectivity index (χ3n) is 3.94. The molecule has 0 spiro atoms. The summed E-state index contributed by atoms with van der Waals surface area (Å²) in [6.07, 6.45) is -3.25. The van der Waals surface area contributed by atoms with Crippen LogP contribution in [0, 0.1) is 0 Å². The molecule has 1 aliphatic rings. The van der Waals surface area contributed by atoms with Gasteiger partial charge < -0.3 is 10.4 Å². The molecule has 1 atom stereocenters. The van der Waals surface area contributed by atoms with Gasteiger partial charge in [-0.2, -0.15) is 13.2 Å². The number of carbonyl (C=O) groups excluding carboxylic acids is 1. The lowest BCUT2D eigenvalue weighted by molar-refractivity contribution is -0.138. The standard InChI is InChI=1S/C15H18F3NO2/c1-10(20)9-19-13(21)14(6-3-7-14)11-4-2-5-12(8-11)15(16,17)18/h2,4-5,8,10,20H,3,6-7,9H2,1H3,(H,19,21). The Kier molecular flexibility index (Phi) is 4.27. The fourth-order valence-electron chi connectivity index (χ4n) is 2.58. The van der Waals surface area contributed by atoms with E-state index < -0.39 is 23.3 Å². The maximum absolute atomic E-state index is 12.8. The van der Waals surface area contributed by atoms with Gasteiger partial charge in [-0.05, 0) is 31.4 Å². The van der Waals surface area contributed by atoms with Crippen LogP contribution >= 0.6 is 0 Å². The van der Waals surface area contributed by atoms with Crippen molar-refractivity contribution in [2.24, 2.45) is 0 Å². The number of nitrogens with one attached hydrogen (secondary N) is 1. The molecule has 2 N–H and O–H groups in total. The molecule has 1 aromatic carbocycles. The first kappa shape index (κ1) is 15.8. The highest BCUT2D eigenvalue weighted by Crippen LogP contribution is 2.45. The monoisotopic (exact) mass is 301 g/mol. The van der Waals surface area contributed by atoms with Gasteiger partial charge in [-0.15, -0.1) is 0 Å². The second-order valence-electron chi connectivity index (χ2n) is 5.57. The minimum atomic E-state index is -4.42. The zero-order valence-electron chi connectivity index (χ0n) is 11.7. The van der Waals surface area contributed by atoms with Crippen LogP contribution < -0.4 is 5.32 Å². The molecule has 2 rings (SSSR count). The predicted molar refractivity (Wildman–Crippen MR) is 71.7 cm³/mol. The van der Waals surface area contributed by atoms with Crippen LogP contribution in [0.5, 0.6) is 0 Å². The summed E-state index contributed by atoms with van der Waals surface area (Å²) in [4.78, 5) is 12.3. The number of amides is 1. The second-order valence-corrected chi connectivity index (χ2v) is 5.57. The van der Waals surface area contributed by atoms with Crippen molar-refractivity contribution in [3.05, 3.63) is 35.4 Å². The average Bonchev–Trinajstić information content (AvgIpc) is 2.34. The third kappa shape index (κ3) is 3.20. The number of hydrogen-bond donors (Lipinski definition) is 2. The lowest BCUT2D eigenvalue weighted by Gasteiger charge is -2.41. The Morgan fingerprint density at radius 2 is 2.10 bits per heavy atom. The van der Waals surface area contributed by atoms with E-state index >= 15 is 0 Å². The van der Waals surface area contributed by atoms with Crippen LogP contribution in [0.3, 0.4) is 0 Å². The van der Waals surface area contributed by atoms with E-state index in [0.29, 0.717) is 18.4 Å². The van der Waals surface area contributed by atoms with Gasteiger partial charge in [0.1, 0.15) is 0 Å². The quantitative estimate of drug-likeness (QED) is 0.898.